The predicted molar refractivity (Wildman–Crippen MR) is 89.8 cm³/mol. The molecular weight excluding hydrogens is 292 g/mol. The first-order valence-corrected chi connectivity index (χ1v) is 7.33. The Morgan fingerprint density at radius 1 is 1.09 bits per heavy atom. The number of benzene rings is 2. The number of hydrogen-bond acceptors (Lipinski definition) is 4. The molecule has 5 heteroatoms. The molecule has 0 atom stereocenters. The van der Waals surface area contributed by atoms with Crippen molar-refractivity contribution in [3.8, 4) is 5.75 Å². The number of methoxy groups -OCH3 is 1. The Hall–Kier alpha value is -2.82. The number of carbonyl (C=O) groups is 2. The maximum absolute atomic E-state index is 11.9. The minimum atomic E-state index is -0.108. The molecule has 0 radical (unpaired) electrons. The van der Waals surface area contributed by atoms with E-state index < -0.39 is 0 Å². The average molecular weight is 312 g/mol. The lowest BCUT2D eigenvalue weighted by atomic mass is 10.1. The summed E-state index contributed by atoms with van der Waals surface area (Å²) in [4.78, 5) is 23.1. The molecule has 2 rings (SSSR count). The first-order valence-electron chi connectivity index (χ1n) is 7.33. The third-order valence-corrected chi connectivity index (χ3v) is 3.37. The maximum Gasteiger partial charge on any atom is 0.239 e. The average Bonchev–Trinajstić information content (AvgIpc) is 2.58. The van der Waals surface area contributed by atoms with Crippen LogP contribution >= 0.6 is 0 Å². The highest BCUT2D eigenvalue weighted by molar-refractivity contribution is 5.94. The highest BCUT2D eigenvalue weighted by Gasteiger charge is 2.03. The molecular formula is C18H20N2O3. The van der Waals surface area contributed by atoms with Crippen LogP contribution in [-0.2, 0) is 11.3 Å². The van der Waals surface area contributed by atoms with Gasteiger partial charge in [0.15, 0.2) is 5.78 Å². The number of nitrogens with one attached hydrogen (secondary N) is 2. The number of hydrogen-bond donors (Lipinski definition) is 2. The summed E-state index contributed by atoms with van der Waals surface area (Å²) in [5.74, 6) is 0.677. The van der Waals surface area contributed by atoms with E-state index in [1.807, 2.05) is 24.3 Å². The smallest absolute Gasteiger partial charge is 0.239 e. The lowest BCUT2D eigenvalue weighted by Gasteiger charge is -2.09. The van der Waals surface area contributed by atoms with Crippen molar-refractivity contribution < 1.29 is 14.3 Å². The van der Waals surface area contributed by atoms with Crippen molar-refractivity contribution >= 4 is 17.4 Å². The van der Waals surface area contributed by atoms with Crippen LogP contribution in [-0.4, -0.2) is 25.3 Å². The molecule has 23 heavy (non-hydrogen) atoms. The van der Waals surface area contributed by atoms with Crippen LogP contribution < -0.4 is 15.4 Å². The first-order chi connectivity index (χ1) is 11.1. The predicted octanol–water partition coefficient (Wildman–Crippen LogP) is 2.63. The van der Waals surface area contributed by atoms with E-state index in [0.29, 0.717) is 12.1 Å². The maximum atomic E-state index is 11.9. The number of amides is 1. The standard InChI is InChI=1S/C18H20N2O3/c1-13(21)15-6-8-16(9-7-15)19-12-18(22)20-11-14-4-3-5-17(10-14)23-2/h3-10,19H,11-12H2,1-2H3,(H,20,22). The normalized spacial score (nSPS) is 10.0. The van der Waals surface area contributed by atoms with Gasteiger partial charge in [-0.15, -0.1) is 0 Å². The number of ether oxygens (including phenoxy) is 1. The molecule has 2 aromatic carbocycles. The molecule has 120 valence electrons. The van der Waals surface area contributed by atoms with Crippen LogP contribution in [0.2, 0.25) is 0 Å². The molecule has 1 amide bonds. The highest BCUT2D eigenvalue weighted by atomic mass is 16.5. The lowest BCUT2D eigenvalue weighted by molar-refractivity contribution is -0.119. The second kappa shape index (κ2) is 7.98. The highest BCUT2D eigenvalue weighted by Crippen LogP contribution is 2.12. The summed E-state index contributed by atoms with van der Waals surface area (Å²) in [5, 5.41) is 5.86. The minimum Gasteiger partial charge on any atom is -0.497 e. The summed E-state index contributed by atoms with van der Waals surface area (Å²) in [5.41, 5.74) is 2.42. The fourth-order valence-electron chi connectivity index (χ4n) is 2.05. The van der Waals surface area contributed by atoms with Crippen LogP contribution in [0.5, 0.6) is 5.75 Å². The third kappa shape index (κ3) is 5.14. The van der Waals surface area contributed by atoms with Crippen molar-refractivity contribution in [1.82, 2.24) is 5.32 Å². The van der Waals surface area contributed by atoms with Gasteiger partial charge in [-0.2, -0.15) is 0 Å². The molecule has 0 aromatic heterocycles. The van der Waals surface area contributed by atoms with Crippen molar-refractivity contribution in [1.29, 1.82) is 0 Å². The quantitative estimate of drug-likeness (QED) is 0.771. The summed E-state index contributed by atoms with van der Waals surface area (Å²) in [6.45, 7) is 2.14. The van der Waals surface area contributed by atoms with Crippen LogP contribution in [0.4, 0.5) is 5.69 Å². The fourth-order valence-corrected chi connectivity index (χ4v) is 2.05. The Morgan fingerprint density at radius 3 is 2.48 bits per heavy atom. The van der Waals surface area contributed by atoms with Crippen molar-refractivity contribution in [3.05, 3.63) is 59.7 Å². The third-order valence-electron chi connectivity index (χ3n) is 3.37. The molecule has 0 fully saturated rings. The molecule has 0 aliphatic carbocycles. The zero-order chi connectivity index (χ0) is 16.7. The van der Waals surface area contributed by atoms with E-state index in [-0.39, 0.29) is 18.2 Å². The summed E-state index contributed by atoms with van der Waals surface area (Å²) >= 11 is 0. The SMILES string of the molecule is COc1cccc(CNC(=O)CNc2ccc(C(C)=O)cc2)c1. The first kappa shape index (κ1) is 16.5. The molecule has 2 aromatic rings. The van der Waals surface area contributed by atoms with E-state index in [4.69, 9.17) is 4.74 Å². The number of Topliss-reactive ketones (excluding diaryl/α,β-unsaturated/α-hetero) is 1. The largest absolute Gasteiger partial charge is 0.497 e. The summed E-state index contributed by atoms with van der Waals surface area (Å²) in [6, 6.07) is 14.6. The van der Waals surface area contributed by atoms with Gasteiger partial charge >= 0.3 is 0 Å². The summed E-state index contributed by atoms with van der Waals surface area (Å²) < 4.78 is 5.14. The van der Waals surface area contributed by atoms with Gasteiger partial charge in [-0.3, -0.25) is 9.59 Å². The van der Waals surface area contributed by atoms with E-state index in [0.717, 1.165) is 17.0 Å². The molecule has 0 bridgehead atoms. The molecule has 0 spiro atoms. The Morgan fingerprint density at radius 2 is 1.83 bits per heavy atom. The number of carbonyl (C=O) groups excluding carboxylic acids is 2. The monoisotopic (exact) mass is 312 g/mol. The summed E-state index contributed by atoms with van der Waals surface area (Å²) in [6.07, 6.45) is 0. The van der Waals surface area contributed by atoms with Crippen molar-refractivity contribution in [2.45, 2.75) is 13.5 Å². The number of rotatable bonds is 7. The second-order valence-corrected chi connectivity index (χ2v) is 5.12. The Balaban J connectivity index is 1.79. The van der Waals surface area contributed by atoms with Gasteiger partial charge < -0.3 is 15.4 Å². The van der Waals surface area contributed by atoms with Crippen LogP contribution in [0.25, 0.3) is 0 Å². The zero-order valence-corrected chi connectivity index (χ0v) is 13.3. The molecule has 0 heterocycles. The second-order valence-electron chi connectivity index (χ2n) is 5.12. The number of ketones is 1. The Labute approximate surface area is 135 Å². The Bertz CT molecular complexity index is 681. The van der Waals surface area contributed by atoms with Gasteiger partial charge in [-0.05, 0) is 48.9 Å². The van der Waals surface area contributed by atoms with E-state index in [9.17, 15) is 9.59 Å². The van der Waals surface area contributed by atoms with Crippen LogP contribution in [0, 0.1) is 0 Å². The molecule has 0 aliphatic rings. The fraction of sp³-hybridized carbons (Fsp3) is 0.222. The van der Waals surface area contributed by atoms with Gasteiger partial charge in [-0.1, -0.05) is 12.1 Å². The molecule has 0 saturated carbocycles. The van der Waals surface area contributed by atoms with Crippen molar-refractivity contribution in [2.24, 2.45) is 0 Å². The van der Waals surface area contributed by atoms with Gasteiger partial charge in [0.1, 0.15) is 5.75 Å². The topological polar surface area (TPSA) is 67.4 Å². The van der Waals surface area contributed by atoms with Gasteiger partial charge in [0, 0.05) is 17.8 Å². The van der Waals surface area contributed by atoms with E-state index in [1.54, 1.807) is 31.4 Å². The number of anilines is 1. The van der Waals surface area contributed by atoms with Crippen LogP contribution in [0.15, 0.2) is 48.5 Å². The molecule has 0 saturated heterocycles. The van der Waals surface area contributed by atoms with Crippen molar-refractivity contribution in [3.63, 3.8) is 0 Å². The minimum absolute atomic E-state index is 0.0209. The Kier molecular flexibility index (Phi) is 5.74. The molecule has 5 nitrogen and oxygen atoms in total. The molecule has 2 N–H and O–H groups in total. The van der Waals surface area contributed by atoms with Crippen LogP contribution in [0.3, 0.4) is 0 Å². The van der Waals surface area contributed by atoms with Gasteiger partial charge in [0.2, 0.25) is 5.91 Å². The lowest BCUT2D eigenvalue weighted by Crippen LogP contribution is -2.29. The molecule has 0 unspecified atom stereocenters. The molecule has 0 aliphatic heterocycles. The summed E-state index contributed by atoms with van der Waals surface area (Å²) in [7, 11) is 1.61. The van der Waals surface area contributed by atoms with Gasteiger partial charge in [-0.25, -0.2) is 0 Å². The van der Waals surface area contributed by atoms with Crippen LogP contribution in [0.1, 0.15) is 22.8 Å². The van der Waals surface area contributed by atoms with E-state index >= 15 is 0 Å². The van der Waals surface area contributed by atoms with Gasteiger partial charge in [0.25, 0.3) is 0 Å². The van der Waals surface area contributed by atoms with Gasteiger partial charge in [0.05, 0.1) is 13.7 Å². The zero-order valence-electron chi connectivity index (χ0n) is 13.3. The van der Waals surface area contributed by atoms with E-state index in [2.05, 4.69) is 10.6 Å². The van der Waals surface area contributed by atoms with Crippen molar-refractivity contribution in [2.75, 3.05) is 19.0 Å². The van der Waals surface area contributed by atoms with E-state index in [1.165, 1.54) is 6.92 Å².